The van der Waals surface area contributed by atoms with Crippen LogP contribution in [0.4, 0.5) is 5.69 Å². The zero-order chi connectivity index (χ0) is 26.0. The molecule has 2 aromatic carbocycles. The van der Waals surface area contributed by atoms with Crippen molar-refractivity contribution in [3.8, 4) is 5.75 Å². The van der Waals surface area contributed by atoms with Crippen molar-refractivity contribution in [1.29, 1.82) is 0 Å². The second kappa shape index (κ2) is 10.6. The molecule has 2 heterocycles. The Labute approximate surface area is 213 Å². The van der Waals surface area contributed by atoms with Crippen LogP contribution in [0.5, 0.6) is 5.75 Å². The Morgan fingerprint density at radius 1 is 1.28 bits per heavy atom. The van der Waals surface area contributed by atoms with Gasteiger partial charge in [-0.2, -0.15) is 0 Å². The third-order valence-electron chi connectivity index (χ3n) is 8.34. The second-order valence-corrected chi connectivity index (χ2v) is 11.1. The lowest BCUT2D eigenvalue weighted by molar-refractivity contribution is -0.384. The molecule has 8 heteroatoms. The molecule has 0 aliphatic carbocycles. The number of rotatable bonds is 7. The van der Waals surface area contributed by atoms with Crippen LogP contribution in [-0.4, -0.2) is 52.6 Å². The lowest BCUT2D eigenvalue weighted by Gasteiger charge is -2.46. The van der Waals surface area contributed by atoms with Gasteiger partial charge in [0.25, 0.3) is 5.69 Å². The summed E-state index contributed by atoms with van der Waals surface area (Å²) in [6, 6.07) is 12.2. The number of benzene rings is 2. The minimum Gasteiger partial charge on any atom is -0.508 e. The van der Waals surface area contributed by atoms with Crippen molar-refractivity contribution in [2.75, 3.05) is 19.6 Å². The number of hydrogen-bond acceptors (Lipinski definition) is 6. The number of nitro benzene ring substituents is 1. The van der Waals surface area contributed by atoms with Gasteiger partial charge in [-0.05, 0) is 65.5 Å². The molecule has 2 aromatic rings. The van der Waals surface area contributed by atoms with Gasteiger partial charge in [-0.25, -0.2) is 0 Å². The van der Waals surface area contributed by atoms with Gasteiger partial charge in [0.2, 0.25) is 5.91 Å². The molecule has 2 aliphatic rings. The van der Waals surface area contributed by atoms with E-state index < -0.39 is 0 Å². The number of aromatic hydroxyl groups is 1. The van der Waals surface area contributed by atoms with Crippen molar-refractivity contribution in [3.05, 3.63) is 69.3 Å². The highest BCUT2D eigenvalue weighted by Crippen LogP contribution is 2.40. The number of amides is 1. The number of carbonyl (C=O) groups excluding carboxylic acids is 1. The van der Waals surface area contributed by atoms with E-state index in [1.165, 1.54) is 11.6 Å². The van der Waals surface area contributed by atoms with Crippen LogP contribution in [0.2, 0.25) is 0 Å². The van der Waals surface area contributed by atoms with E-state index in [9.17, 15) is 20.0 Å². The maximum Gasteiger partial charge on any atom is 0.269 e. The van der Waals surface area contributed by atoms with Crippen LogP contribution < -0.4 is 10.6 Å². The number of likely N-dealkylation sites (tertiary alicyclic amines) is 1. The van der Waals surface area contributed by atoms with E-state index in [2.05, 4.69) is 49.3 Å². The van der Waals surface area contributed by atoms with Gasteiger partial charge in [-0.15, -0.1) is 0 Å². The van der Waals surface area contributed by atoms with Gasteiger partial charge in [0.1, 0.15) is 5.75 Å². The van der Waals surface area contributed by atoms with Crippen LogP contribution in [0, 0.1) is 22.0 Å². The fourth-order valence-corrected chi connectivity index (χ4v) is 5.56. The highest BCUT2D eigenvalue weighted by molar-refractivity contribution is 5.82. The normalized spacial score (nSPS) is 25.2. The van der Waals surface area contributed by atoms with Crippen LogP contribution in [0.1, 0.15) is 50.8 Å². The Morgan fingerprint density at radius 2 is 2.06 bits per heavy atom. The van der Waals surface area contributed by atoms with Gasteiger partial charge in [0, 0.05) is 37.8 Å². The average molecular weight is 495 g/mol. The summed E-state index contributed by atoms with van der Waals surface area (Å²) in [5.41, 5.74) is 3.12. The standard InChI is InChI=1S/C28H38N4O4/c1-18(2)26(17-31-11-10-28(4,19(3)16-31)22-6-5-7-24(33)14-22)30-27(34)25-13-20-8-9-23(32(35)36)12-21(20)15-29-25/h5-9,12,14,18-19,25-26,29,33H,10-11,13,15-17H2,1-4H3,(H,30,34)/t19-,25+,26+,28+/m0/s1. The highest BCUT2D eigenvalue weighted by Gasteiger charge is 2.39. The van der Waals surface area contributed by atoms with Crippen LogP contribution in [-0.2, 0) is 23.2 Å². The molecule has 36 heavy (non-hydrogen) atoms. The SMILES string of the molecule is CC(C)[C@@H](CN1CC[C@@](C)(c2cccc(O)c2)[C@@H](C)C1)NC(=O)[C@H]1Cc2ccc([N+](=O)[O-])cc2CN1. The molecular weight excluding hydrogens is 456 g/mol. The molecule has 0 radical (unpaired) electrons. The first kappa shape index (κ1) is 26.1. The van der Waals surface area contributed by atoms with Crippen LogP contribution in [0.3, 0.4) is 0 Å². The lowest BCUT2D eigenvalue weighted by atomic mass is 9.68. The van der Waals surface area contributed by atoms with Crippen molar-refractivity contribution in [3.63, 3.8) is 0 Å². The third kappa shape index (κ3) is 5.55. The predicted octanol–water partition coefficient (Wildman–Crippen LogP) is 3.76. The number of nitro groups is 1. The van der Waals surface area contributed by atoms with Crippen molar-refractivity contribution >= 4 is 11.6 Å². The molecule has 0 saturated carbocycles. The Kier molecular flexibility index (Phi) is 7.66. The van der Waals surface area contributed by atoms with E-state index in [0.29, 0.717) is 24.6 Å². The molecule has 0 bridgehead atoms. The molecule has 0 aromatic heterocycles. The van der Waals surface area contributed by atoms with Crippen molar-refractivity contribution < 1.29 is 14.8 Å². The number of piperidine rings is 1. The Bertz CT molecular complexity index is 1120. The fraction of sp³-hybridized carbons (Fsp3) is 0.536. The summed E-state index contributed by atoms with van der Waals surface area (Å²) in [5.74, 6) is 0.967. The van der Waals surface area contributed by atoms with Crippen molar-refractivity contribution in [2.24, 2.45) is 11.8 Å². The van der Waals surface area contributed by atoms with Gasteiger partial charge in [0.05, 0.1) is 11.0 Å². The number of nitrogens with zero attached hydrogens (tertiary/aromatic N) is 2. The van der Waals surface area contributed by atoms with Gasteiger partial charge >= 0.3 is 0 Å². The third-order valence-corrected chi connectivity index (χ3v) is 8.34. The molecule has 1 saturated heterocycles. The number of fused-ring (bicyclic) bond motifs is 1. The summed E-state index contributed by atoms with van der Waals surface area (Å²) >= 11 is 0. The first-order valence-electron chi connectivity index (χ1n) is 12.9. The molecule has 1 amide bonds. The quantitative estimate of drug-likeness (QED) is 0.400. The van der Waals surface area contributed by atoms with Crippen LogP contribution in [0.25, 0.3) is 0 Å². The Morgan fingerprint density at radius 3 is 2.72 bits per heavy atom. The Hall–Kier alpha value is -2.97. The summed E-state index contributed by atoms with van der Waals surface area (Å²) in [6.45, 7) is 11.9. The van der Waals surface area contributed by atoms with E-state index in [1.807, 2.05) is 12.1 Å². The molecule has 0 spiro atoms. The fourth-order valence-electron chi connectivity index (χ4n) is 5.56. The maximum atomic E-state index is 13.2. The first-order chi connectivity index (χ1) is 17.1. The van der Waals surface area contributed by atoms with Crippen molar-refractivity contribution in [1.82, 2.24) is 15.5 Å². The predicted molar refractivity (Wildman–Crippen MR) is 140 cm³/mol. The smallest absolute Gasteiger partial charge is 0.269 e. The van der Waals surface area contributed by atoms with E-state index >= 15 is 0 Å². The second-order valence-electron chi connectivity index (χ2n) is 11.1. The van der Waals surface area contributed by atoms with Gasteiger partial charge in [-0.1, -0.05) is 45.9 Å². The molecule has 4 rings (SSSR count). The topological polar surface area (TPSA) is 108 Å². The average Bonchev–Trinajstić information content (AvgIpc) is 2.85. The van der Waals surface area contributed by atoms with E-state index in [1.54, 1.807) is 18.2 Å². The summed E-state index contributed by atoms with van der Waals surface area (Å²) in [4.78, 5) is 26.3. The van der Waals surface area contributed by atoms with E-state index in [4.69, 9.17) is 0 Å². The summed E-state index contributed by atoms with van der Waals surface area (Å²) in [5, 5.41) is 27.6. The first-order valence-corrected chi connectivity index (χ1v) is 12.9. The largest absolute Gasteiger partial charge is 0.508 e. The molecule has 194 valence electrons. The molecule has 4 atom stereocenters. The van der Waals surface area contributed by atoms with E-state index in [-0.39, 0.29) is 39.9 Å². The molecule has 2 aliphatic heterocycles. The zero-order valence-electron chi connectivity index (χ0n) is 21.7. The minimum atomic E-state index is -0.389. The highest BCUT2D eigenvalue weighted by atomic mass is 16.6. The molecule has 0 unspecified atom stereocenters. The van der Waals surface area contributed by atoms with Gasteiger partial charge < -0.3 is 20.6 Å². The number of phenols is 1. The molecule has 3 N–H and O–H groups in total. The number of carbonyl (C=O) groups is 1. The zero-order valence-corrected chi connectivity index (χ0v) is 21.7. The number of hydrogen-bond donors (Lipinski definition) is 3. The monoisotopic (exact) mass is 494 g/mol. The summed E-state index contributed by atoms with van der Waals surface area (Å²) in [6.07, 6.45) is 1.51. The lowest BCUT2D eigenvalue weighted by Crippen LogP contribution is -2.56. The Balaban J connectivity index is 1.36. The summed E-state index contributed by atoms with van der Waals surface area (Å²) in [7, 11) is 0. The number of non-ortho nitro benzene ring substituents is 1. The van der Waals surface area contributed by atoms with Gasteiger partial charge in [0.15, 0.2) is 0 Å². The molecular formula is C28H38N4O4. The van der Waals surface area contributed by atoms with E-state index in [0.717, 1.165) is 37.2 Å². The molecule has 8 nitrogen and oxygen atoms in total. The summed E-state index contributed by atoms with van der Waals surface area (Å²) < 4.78 is 0. The maximum absolute atomic E-state index is 13.2. The minimum absolute atomic E-state index is 0.000294. The van der Waals surface area contributed by atoms with Crippen LogP contribution in [0.15, 0.2) is 42.5 Å². The molecule has 1 fully saturated rings. The number of phenolic OH excluding ortho intramolecular Hbond substituents is 1. The van der Waals surface area contributed by atoms with Crippen molar-refractivity contribution in [2.45, 2.75) is 64.6 Å². The number of nitrogens with one attached hydrogen (secondary N) is 2. The van der Waals surface area contributed by atoms with Gasteiger partial charge in [-0.3, -0.25) is 14.9 Å². The van der Waals surface area contributed by atoms with Crippen LogP contribution >= 0.6 is 0 Å².